The Morgan fingerprint density at radius 1 is 1.06 bits per heavy atom. The van der Waals surface area contributed by atoms with E-state index in [9.17, 15) is 14.7 Å². The lowest BCUT2D eigenvalue weighted by Crippen LogP contribution is -2.42. The highest BCUT2D eigenvalue weighted by Crippen LogP contribution is 2.35. The summed E-state index contributed by atoms with van der Waals surface area (Å²) in [6.45, 7) is 2.17. The second-order valence-electron chi connectivity index (χ2n) is 7.19. The van der Waals surface area contributed by atoms with Gasteiger partial charge in [0.15, 0.2) is 6.61 Å². The minimum Gasteiger partial charge on any atom is -0.496 e. The van der Waals surface area contributed by atoms with Gasteiger partial charge in [-0.3, -0.25) is 4.79 Å². The Labute approximate surface area is 179 Å². The molecular formula is C24H23NO6. The first kappa shape index (κ1) is 20.7. The average molecular weight is 421 g/mol. The summed E-state index contributed by atoms with van der Waals surface area (Å²) in [7, 11) is 1.44. The third-order valence-corrected chi connectivity index (χ3v) is 5.30. The number of carboxylic acids is 1. The number of hydrogen-bond acceptors (Lipinski definition) is 5. The van der Waals surface area contributed by atoms with Crippen molar-refractivity contribution in [2.45, 2.75) is 0 Å². The van der Waals surface area contributed by atoms with Gasteiger partial charge in [-0.05, 0) is 46.2 Å². The number of benzene rings is 3. The second-order valence-corrected chi connectivity index (χ2v) is 7.19. The standard InChI is InChI=1S/C24H23NO6/c1-29-22-13-17(6-7-20(22)24(27)28)21-14-18(12-16-4-2-3-5-19(16)21)31-15-23(26)25-8-10-30-11-9-25/h2-7,12-14H,8-11,15H2,1H3,(H,27,28). The number of hydrogen-bond donors (Lipinski definition) is 1. The molecule has 0 spiro atoms. The van der Waals surface area contributed by atoms with Crippen LogP contribution >= 0.6 is 0 Å². The highest BCUT2D eigenvalue weighted by Gasteiger charge is 2.18. The van der Waals surface area contributed by atoms with Gasteiger partial charge < -0.3 is 24.2 Å². The fourth-order valence-corrected chi connectivity index (χ4v) is 3.69. The van der Waals surface area contributed by atoms with Crippen LogP contribution in [0.2, 0.25) is 0 Å². The van der Waals surface area contributed by atoms with Crippen molar-refractivity contribution in [3.05, 3.63) is 60.2 Å². The minimum atomic E-state index is -1.05. The van der Waals surface area contributed by atoms with Crippen molar-refractivity contribution in [1.29, 1.82) is 0 Å². The first-order chi connectivity index (χ1) is 15.1. The van der Waals surface area contributed by atoms with E-state index >= 15 is 0 Å². The largest absolute Gasteiger partial charge is 0.496 e. The van der Waals surface area contributed by atoms with Crippen LogP contribution in [0, 0.1) is 0 Å². The molecule has 1 saturated heterocycles. The van der Waals surface area contributed by atoms with E-state index in [0.717, 1.165) is 21.9 Å². The number of carboxylic acid groups (broad SMARTS) is 1. The summed E-state index contributed by atoms with van der Waals surface area (Å²) in [6, 6.07) is 16.6. The SMILES string of the molecule is COc1cc(-c2cc(OCC(=O)N3CCOCC3)cc3ccccc23)ccc1C(=O)O. The number of amides is 1. The third kappa shape index (κ3) is 4.46. The molecule has 1 aliphatic heterocycles. The van der Waals surface area contributed by atoms with Crippen LogP contribution in [0.1, 0.15) is 10.4 Å². The number of nitrogens with zero attached hydrogens (tertiary/aromatic N) is 1. The predicted octanol–water partition coefficient (Wildman–Crippen LogP) is 3.45. The lowest BCUT2D eigenvalue weighted by molar-refractivity contribution is -0.137. The van der Waals surface area contributed by atoms with E-state index in [2.05, 4.69) is 0 Å². The summed E-state index contributed by atoms with van der Waals surface area (Å²) in [5, 5.41) is 11.3. The Morgan fingerprint density at radius 2 is 1.84 bits per heavy atom. The Balaban J connectivity index is 1.67. The van der Waals surface area contributed by atoms with Gasteiger partial charge in [-0.1, -0.05) is 30.3 Å². The molecule has 1 heterocycles. The van der Waals surface area contributed by atoms with Crippen LogP contribution in [-0.4, -0.2) is 61.9 Å². The van der Waals surface area contributed by atoms with E-state index in [-0.39, 0.29) is 23.8 Å². The maximum Gasteiger partial charge on any atom is 0.339 e. The monoisotopic (exact) mass is 421 g/mol. The van der Waals surface area contributed by atoms with Gasteiger partial charge in [0, 0.05) is 13.1 Å². The van der Waals surface area contributed by atoms with Gasteiger partial charge >= 0.3 is 5.97 Å². The predicted molar refractivity (Wildman–Crippen MR) is 116 cm³/mol. The molecule has 4 rings (SSSR count). The molecule has 3 aromatic rings. The molecule has 160 valence electrons. The molecule has 1 amide bonds. The molecule has 0 radical (unpaired) electrons. The van der Waals surface area contributed by atoms with Crippen molar-refractivity contribution in [1.82, 2.24) is 4.90 Å². The zero-order chi connectivity index (χ0) is 21.8. The van der Waals surface area contributed by atoms with Crippen molar-refractivity contribution < 1.29 is 28.9 Å². The third-order valence-electron chi connectivity index (χ3n) is 5.30. The summed E-state index contributed by atoms with van der Waals surface area (Å²) in [5.74, 6) is -0.281. The zero-order valence-corrected chi connectivity index (χ0v) is 17.2. The van der Waals surface area contributed by atoms with Crippen molar-refractivity contribution in [3.8, 4) is 22.6 Å². The number of methoxy groups -OCH3 is 1. The maximum absolute atomic E-state index is 12.4. The van der Waals surface area contributed by atoms with Gasteiger partial charge in [-0.25, -0.2) is 4.79 Å². The normalized spacial score (nSPS) is 13.8. The molecule has 0 atom stereocenters. The van der Waals surface area contributed by atoms with Crippen molar-refractivity contribution >= 4 is 22.6 Å². The molecule has 31 heavy (non-hydrogen) atoms. The Kier molecular flexibility index (Phi) is 6.04. The number of carbonyl (C=O) groups excluding carboxylic acids is 1. The van der Waals surface area contributed by atoms with Crippen LogP contribution < -0.4 is 9.47 Å². The van der Waals surface area contributed by atoms with Crippen molar-refractivity contribution in [2.75, 3.05) is 40.0 Å². The van der Waals surface area contributed by atoms with Crippen LogP contribution in [0.3, 0.4) is 0 Å². The minimum absolute atomic E-state index is 0.0565. The lowest BCUT2D eigenvalue weighted by Gasteiger charge is -2.26. The van der Waals surface area contributed by atoms with Gasteiger partial charge in [0.2, 0.25) is 0 Å². The molecular weight excluding hydrogens is 398 g/mol. The van der Waals surface area contributed by atoms with E-state index in [0.29, 0.717) is 32.1 Å². The maximum atomic E-state index is 12.4. The van der Waals surface area contributed by atoms with Crippen LogP contribution in [0.5, 0.6) is 11.5 Å². The lowest BCUT2D eigenvalue weighted by atomic mass is 9.96. The van der Waals surface area contributed by atoms with E-state index in [1.54, 1.807) is 17.0 Å². The van der Waals surface area contributed by atoms with E-state index in [1.807, 2.05) is 36.4 Å². The van der Waals surface area contributed by atoms with Crippen molar-refractivity contribution in [2.24, 2.45) is 0 Å². The van der Waals surface area contributed by atoms with Crippen LogP contribution in [0.4, 0.5) is 0 Å². The number of ether oxygens (including phenoxy) is 3. The fourth-order valence-electron chi connectivity index (χ4n) is 3.69. The highest BCUT2D eigenvalue weighted by atomic mass is 16.5. The van der Waals surface area contributed by atoms with Crippen LogP contribution in [0.15, 0.2) is 54.6 Å². The second kappa shape index (κ2) is 9.06. The van der Waals surface area contributed by atoms with Gasteiger partial charge in [0.1, 0.15) is 17.1 Å². The highest BCUT2D eigenvalue weighted by molar-refractivity contribution is 5.99. The molecule has 7 nitrogen and oxygen atoms in total. The molecule has 1 aliphatic rings. The molecule has 0 aliphatic carbocycles. The summed E-state index contributed by atoms with van der Waals surface area (Å²) < 4.78 is 16.4. The van der Waals surface area contributed by atoms with Gasteiger partial charge in [0.05, 0.1) is 20.3 Å². The summed E-state index contributed by atoms with van der Waals surface area (Å²) in [6.07, 6.45) is 0. The van der Waals surface area contributed by atoms with Gasteiger partial charge in [-0.15, -0.1) is 0 Å². The van der Waals surface area contributed by atoms with Gasteiger partial charge in [-0.2, -0.15) is 0 Å². The number of morpholine rings is 1. The summed E-state index contributed by atoms with van der Waals surface area (Å²) in [4.78, 5) is 25.6. The molecule has 7 heteroatoms. The molecule has 0 unspecified atom stereocenters. The van der Waals surface area contributed by atoms with E-state index in [4.69, 9.17) is 14.2 Å². The molecule has 1 fully saturated rings. The average Bonchev–Trinajstić information content (AvgIpc) is 2.82. The smallest absolute Gasteiger partial charge is 0.339 e. The first-order valence-corrected chi connectivity index (χ1v) is 9.99. The Bertz CT molecular complexity index is 1120. The zero-order valence-electron chi connectivity index (χ0n) is 17.2. The molecule has 0 aromatic heterocycles. The number of aromatic carboxylic acids is 1. The number of fused-ring (bicyclic) bond motifs is 1. The van der Waals surface area contributed by atoms with Crippen LogP contribution in [0.25, 0.3) is 21.9 Å². The molecule has 3 aromatic carbocycles. The van der Waals surface area contributed by atoms with Gasteiger partial charge in [0.25, 0.3) is 5.91 Å². The summed E-state index contributed by atoms with van der Waals surface area (Å²) in [5.41, 5.74) is 1.75. The Morgan fingerprint density at radius 3 is 2.58 bits per heavy atom. The first-order valence-electron chi connectivity index (χ1n) is 9.99. The number of rotatable bonds is 6. The molecule has 0 bridgehead atoms. The van der Waals surface area contributed by atoms with E-state index in [1.165, 1.54) is 13.2 Å². The molecule has 1 N–H and O–H groups in total. The number of carbonyl (C=O) groups is 2. The van der Waals surface area contributed by atoms with Crippen LogP contribution in [-0.2, 0) is 9.53 Å². The Hall–Kier alpha value is -3.58. The van der Waals surface area contributed by atoms with E-state index < -0.39 is 5.97 Å². The quantitative estimate of drug-likeness (QED) is 0.656. The van der Waals surface area contributed by atoms with Crippen molar-refractivity contribution in [3.63, 3.8) is 0 Å². The topological polar surface area (TPSA) is 85.3 Å². The molecule has 0 saturated carbocycles. The summed E-state index contributed by atoms with van der Waals surface area (Å²) >= 11 is 0. The fraction of sp³-hybridized carbons (Fsp3) is 0.250.